The maximum Gasteiger partial charge on any atom is 0.320 e. The summed E-state index contributed by atoms with van der Waals surface area (Å²) in [5.41, 5.74) is 2.30. The first-order chi connectivity index (χ1) is 18.6. The number of carbonyl (C=O) groups excluding carboxylic acids is 2. The van der Waals surface area contributed by atoms with E-state index in [0.29, 0.717) is 55.7 Å². The Balaban J connectivity index is 0.000000648. The van der Waals surface area contributed by atoms with Crippen molar-refractivity contribution in [2.24, 2.45) is 0 Å². The first kappa shape index (κ1) is 28.4. The lowest BCUT2D eigenvalue weighted by Gasteiger charge is -2.34. The standard InChI is InChI=1S/C26H25N3O4S.CH4O3S/c1-2-33-22(30)17-27-11-13-28(14-12-27)25(31)21-16-20(18-6-4-3-5-7-18)26(32)29-10-8-19-9-15-34-24(19)23(21)29;1-5(2,3)4/h3-10,15-16H,2,11-14,17H2,1H3;1H3,(H,2,3,4). The van der Waals surface area contributed by atoms with Gasteiger partial charge in [-0.1, -0.05) is 30.3 Å². The summed E-state index contributed by atoms with van der Waals surface area (Å²) >= 11 is 1.53. The van der Waals surface area contributed by atoms with Crippen molar-refractivity contribution in [3.63, 3.8) is 0 Å². The summed E-state index contributed by atoms with van der Waals surface area (Å²) in [6.45, 7) is 4.57. The van der Waals surface area contributed by atoms with Gasteiger partial charge in [0.2, 0.25) is 0 Å². The van der Waals surface area contributed by atoms with Gasteiger partial charge in [0.15, 0.2) is 0 Å². The minimum atomic E-state index is -3.67. The van der Waals surface area contributed by atoms with E-state index >= 15 is 0 Å². The summed E-state index contributed by atoms with van der Waals surface area (Å²) in [4.78, 5) is 42.9. The number of thiophene rings is 1. The summed E-state index contributed by atoms with van der Waals surface area (Å²) in [6.07, 6.45) is 2.47. The van der Waals surface area contributed by atoms with Crippen LogP contribution in [0.2, 0.25) is 0 Å². The molecule has 0 aliphatic carbocycles. The number of hydrogen-bond donors (Lipinski definition) is 1. The predicted octanol–water partition coefficient (Wildman–Crippen LogP) is 3.01. The lowest BCUT2D eigenvalue weighted by atomic mass is 10.0. The molecule has 1 fully saturated rings. The van der Waals surface area contributed by atoms with Crippen LogP contribution in [0.4, 0.5) is 0 Å². The molecule has 0 bridgehead atoms. The molecule has 10 nitrogen and oxygen atoms in total. The van der Waals surface area contributed by atoms with E-state index in [9.17, 15) is 22.8 Å². The van der Waals surface area contributed by atoms with Crippen LogP contribution in [0.3, 0.4) is 0 Å². The number of amides is 1. The van der Waals surface area contributed by atoms with Gasteiger partial charge in [-0.15, -0.1) is 11.3 Å². The molecule has 1 aliphatic heterocycles. The number of hydrogen-bond acceptors (Lipinski definition) is 8. The lowest BCUT2D eigenvalue weighted by molar-refractivity contribution is -0.144. The third kappa shape index (κ3) is 6.90. The minimum Gasteiger partial charge on any atom is -0.465 e. The summed E-state index contributed by atoms with van der Waals surface area (Å²) in [5.74, 6) is -0.352. The van der Waals surface area contributed by atoms with Crippen molar-refractivity contribution in [2.75, 3.05) is 45.6 Å². The van der Waals surface area contributed by atoms with Crippen LogP contribution >= 0.6 is 11.3 Å². The fourth-order valence-corrected chi connectivity index (χ4v) is 5.41. The molecular formula is C27H29N3O7S2. The molecule has 1 amide bonds. The van der Waals surface area contributed by atoms with Gasteiger partial charge >= 0.3 is 5.97 Å². The molecule has 4 heterocycles. The van der Waals surface area contributed by atoms with E-state index in [0.717, 1.165) is 15.6 Å². The number of rotatable bonds is 5. The molecule has 0 spiro atoms. The topological polar surface area (TPSA) is 126 Å². The van der Waals surface area contributed by atoms with E-state index in [4.69, 9.17) is 9.29 Å². The van der Waals surface area contributed by atoms with Crippen LogP contribution in [-0.4, -0.2) is 84.6 Å². The van der Waals surface area contributed by atoms with E-state index in [1.54, 1.807) is 23.6 Å². The number of aromatic nitrogens is 1. The monoisotopic (exact) mass is 571 g/mol. The van der Waals surface area contributed by atoms with Crippen molar-refractivity contribution in [3.05, 3.63) is 76.0 Å². The molecular weight excluding hydrogens is 542 g/mol. The second-order valence-electron chi connectivity index (χ2n) is 8.99. The number of benzene rings is 1. The van der Waals surface area contributed by atoms with Crippen LogP contribution in [0.25, 0.3) is 26.7 Å². The van der Waals surface area contributed by atoms with Crippen LogP contribution in [0.5, 0.6) is 0 Å². The summed E-state index contributed by atoms with van der Waals surface area (Å²) in [6, 6.07) is 15.1. The SMILES string of the molecule is CCOC(=O)CN1CCN(C(=O)c2cc(-c3ccccc3)c(=O)n3ccc4ccsc4c23)CC1.CS(=O)(=O)O. The van der Waals surface area contributed by atoms with Gasteiger partial charge in [0, 0.05) is 37.9 Å². The first-order valence-electron chi connectivity index (χ1n) is 12.3. The number of nitrogens with zero attached hydrogens (tertiary/aromatic N) is 3. The van der Waals surface area contributed by atoms with Crippen molar-refractivity contribution in [1.82, 2.24) is 14.2 Å². The smallest absolute Gasteiger partial charge is 0.320 e. The molecule has 0 saturated carbocycles. The van der Waals surface area contributed by atoms with E-state index < -0.39 is 10.1 Å². The summed E-state index contributed by atoms with van der Waals surface area (Å²) < 4.78 is 33.4. The average molecular weight is 572 g/mol. The van der Waals surface area contributed by atoms with E-state index in [2.05, 4.69) is 0 Å². The molecule has 0 atom stereocenters. The number of carbonyl (C=O) groups is 2. The molecule has 39 heavy (non-hydrogen) atoms. The molecule has 1 saturated heterocycles. The number of pyridine rings is 2. The van der Waals surface area contributed by atoms with E-state index in [1.165, 1.54) is 11.3 Å². The van der Waals surface area contributed by atoms with Crippen LogP contribution in [0.15, 0.2) is 64.9 Å². The normalized spacial score (nSPS) is 14.2. The minimum absolute atomic E-state index is 0.105. The van der Waals surface area contributed by atoms with Gasteiger partial charge in [-0.3, -0.25) is 28.2 Å². The molecule has 0 unspecified atom stereocenters. The van der Waals surface area contributed by atoms with Crippen molar-refractivity contribution >= 4 is 48.9 Å². The Bertz CT molecular complexity index is 1650. The van der Waals surface area contributed by atoms with Crippen molar-refractivity contribution in [3.8, 4) is 11.1 Å². The Morgan fingerprint density at radius 1 is 1.05 bits per heavy atom. The first-order valence-corrected chi connectivity index (χ1v) is 15.0. The maximum absolute atomic E-state index is 13.8. The highest BCUT2D eigenvalue weighted by atomic mass is 32.2. The Hall–Kier alpha value is -3.58. The number of esters is 1. The van der Waals surface area contributed by atoms with Crippen LogP contribution in [0, 0.1) is 0 Å². The van der Waals surface area contributed by atoms with Crippen LogP contribution in [0.1, 0.15) is 17.3 Å². The Morgan fingerprint density at radius 2 is 1.72 bits per heavy atom. The Labute approximate surface area is 229 Å². The quantitative estimate of drug-likeness (QED) is 0.286. The molecule has 3 aromatic heterocycles. The zero-order valence-corrected chi connectivity index (χ0v) is 23.2. The second-order valence-corrected chi connectivity index (χ2v) is 11.4. The van der Waals surface area contributed by atoms with Gasteiger partial charge < -0.3 is 9.64 Å². The molecule has 206 valence electrons. The van der Waals surface area contributed by atoms with Gasteiger partial charge in [0.1, 0.15) is 0 Å². The van der Waals surface area contributed by atoms with E-state index in [1.807, 2.05) is 57.6 Å². The second kappa shape index (κ2) is 12.1. The molecule has 0 radical (unpaired) electrons. The Kier molecular flexibility index (Phi) is 8.80. The molecule has 1 N–H and O–H groups in total. The molecule has 4 aromatic rings. The van der Waals surface area contributed by atoms with Gasteiger partial charge in [-0.05, 0) is 41.5 Å². The van der Waals surface area contributed by atoms with Crippen LogP contribution in [-0.2, 0) is 19.6 Å². The average Bonchev–Trinajstić information content (AvgIpc) is 3.38. The van der Waals surface area contributed by atoms with Crippen LogP contribution < -0.4 is 5.56 Å². The maximum atomic E-state index is 13.8. The molecule has 1 aromatic carbocycles. The summed E-state index contributed by atoms with van der Waals surface area (Å²) in [5, 5.41) is 2.98. The van der Waals surface area contributed by atoms with Gasteiger partial charge in [-0.25, -0.2) is 0 Å². The van der Waals surface area contributed by atoms with Crippen molar-refractivity contribution in [1.29, 1.82) is 0 Å². The largest absolute Gasteiger partial charge is 0.465 e. The molecule has 1 aliphatic rings. The highest BCUT2D eigenvalue weighted by molar-refractivity contribution is 7.85. The van der Waals surface area contributed by atoms with Crippen molar-refractivity contribution in [2.45, 2.75) is 6.92 Å². The lowest BCUT2D eigenvalue weighted by Crippen LogP contribution is -2.50. The zero-order valence-electron chi connectivity index (χ0n) is 21.6. The third-order valence-corrected chi connectivity index (χ3v) is 7.12. The predicted molar refractivity (Wildman–Crippen MR) is 151 cm³/mol. The highest BCUT2D eigenvalue weighted by Gasteiger charge is 2.27. The van der Waals surface area contributed by atoms with Gasteiger partial charge in [0.05, 0.1) is 35.2 Å². The molecule has 12 heteroatoms. The Morgan fingerprint density at radius 3 is 2.36 bits per heavy atom. The summed E-state index contributed by atoms with van der Waals surface area (Å²) in [7, 11) is -3.67. The molecule has 5 rings (SSSR count). The number of piperazine rings is 1. The third-order valence-electron chi connectivity index (χ3n) is 6.18. The number of ether oxygens (including phenoxy) is 1. The highest BCUT2D eigenvalue weighted by Crippen LogP contribution is 2.30. The fraction of sp³-hybridized carbons (Fsp3) is 0.296. The number of fused-ring (bicyclic) bond motifs is 3. The van der Waals surface area contributed by atoms with Crippen molar-refractivity contribution < 1.29 is 27.3 Å². The van der Waals surface area contributed by atoms with Gasteiger partial charge in [-0.2, -0.15) is 8.42 Å². The van der Waals surface area contributed by atoms with E-state index in [-0.39, 0.29) is 24.0 Å². The fourth-order valence-electron chi connectivity index (χ4n) is 4.46. The van der Waals surface area contributed by atoms with Gasteiger partial charge in [0.25, 0.3) is 21.6 Å². The zero-order chi connectivity index (χ0) is 28.2.